The summed E-state index contributed by atoms with van der Waals surface area (Å²) < 4.78 is 10.2. The highest BCUT2D eigenvalue weighted by atomic mass is 16.5. The number of nitrogens with one attached hydrogen (secondary N) is 1. The second-order valence-electron chi connectivity index (χ2n) is 5.73. The van der Waals surface area contributed by atoms with Crippen LogP contribution in [0.1, 0.15) is 32.6 Å². The van der Waals surface area contributed by atoms with Crippen molar-refractivity contribution in [3.8, 4) is 5.75 Å². The molecule has 2 N–H and O–H groups in total. The maximum absolute atomic E-state index is 12.4. The summed E-state index contributed by atoms with van der Waals surface area (Å²) >= 11 is 0. The van der Waals surface area contributed by atoms with Crippen molar-refractivity contribution in [3.63, 3.8) is 0 Å². The summed E-state index contributed by atoms with van der Waals surface area (Å²) in [5.41, 5.74) is -0.456. The number of carbonyl (C=O) groups is 2. The van der Waals surface area contributed by atoms with E-state index >= 15 is 0 Å². The average Bonchev–Trinajstić information content (AvgIpc) is 3.04. The minimum Gasteiger partial charge on any atom is -0.497 e. The van der Waals surface area contributed by atoms with Crippen LogP contribution in [0.2, 0.25) is 0 Å². The summed E-state index contributed by atoms with van der Waals surface area (Å²) in [6, 6.07) is 6.13. The van der Waals surface area contributed by atoms with Gasteiger partial charge >= 0.3 is 11.9 Å². The molecular formula is C17H23NO5. The lowest BCUT2D eigenvalue weighted by Gasteiger charge is -2.33. The van der Waals surface area contributed by atoms with Gasteiger partial charge in [-0.1, -0.05) is 12.8 Å². The average molecular weight is 321 g/mol. The zero-order chi connectivity index (χ0) is 16.9. The first-order chi connectivity index (χ1) is 11.0. The van der Waals surface area contributed by atoms with Gasteiger partial charge in [-0.05, 0) is 44.0 Å². The summed E-state index contributed by atoms with van der Waals surface area (Å²) in [5.74, 6) is -0.779. The highest BCUT2D eigenvalue weighted by molar-refractivity contribution is 5.89. The van der Waals surface area contributed by atoms with Gasteiger partial charge in [-0.15, -0.1) is 0 Å². The van der Waals surface area contributed by atoms with Crippen molar-refractivity contribution >= 4 is 17.6 Å². The fourth-order valence-electron chi connectivity index (χ4n) is 3.13. The molecule has 2 rings (SSSR count). The van der Waals surface area contributed by atoms with Gasteiger partial charge in [0.15, 0.2) is 0 Å². The molecule has 1 aromatic carbocycles. The molecule has 1 aromatic rings. The first-order valence-electron chi connectivity index (χ1n) is 7.84. The van der Waals surface area contributed by atoms with E-state index in [-0.39, 0.29) is 6.61 Å². The highest BCUT2D eigenvalue weighted by Gasteiger charge is 2.52. The number of methoxy groups -OCH3 is 1. The van der Waals surface area contributed by atoms with Crippen molar-refractivity contribution in [3.05, 3.63) is 24.3 Å². The van der Waals surface area contributed by atoms with Gasteiger partial charge in [0.25, 0.3) is 0 Å². The van der Waals surface area contributed by atoms with Gasteiger partial charge in [0.2, 0.25) is 0 Å². The number of esters is 1. The molecule has 6 nitrogen and oxygen atoms in total. The van der Waals surface area contributed by atoms with Crippen LogP contribution in [-0.4, -0.2) is 36.8 Å². The van der Waals surface area contributed by atoms with E-state index in [0.29, 0.717) is 24.3 Å². The van der Waals surface area contributed by atoms with E-state index in [1.165, 1.54) is 0 Å². The van der Waals surface area contributed by atoms with Crippen LogP contribution < -0.4 is 10.1 Å². The van der Waals surface area contributed by atoms with E-state index in [1.807, 2.05) is 0 Å². The molecule has 1 atom stereocenters. The monoisotopic (exact) mass is 321 g/mol. The van der Waals surface area contributed by atoms with Crippen molar-refractivity contribution in [1.82, 2.24) is 0 Å². The lowest BCUT2D eigenvalue weighted by Crippen LogP contribution is -2.50. The number of anilines is 1. The number of ether oxygens (including phenoxy) is 2. The van der Waals surface area contributed by atoms with Gasteiger partial charge in [-0.3, -0.25) is 4.79 Å². The number of rotatable bonds is 7. The molecule has 126 valence electrons. The zero-order valence-electron chi connectivity index (χ0n) is 13.5. The largest absolute Gasteiger partial charge is 0.497 e. The van der Waals surface area contributed by atoms with Crippen LogP contribution >= 0.6 is 0 Å². The minimum absolute atomic E-state index is 0.218. The Balaban J connectivity index is 2.29. The molecule has 0 heterocycles. The summed E-state index contributed by atoms with van der Waals surface area (Å²) in [5, 5.41) is 12.8. The molecule has 0 amide bonds. The zero-order valence-corrected chi connectivity index (χ0v) is 13.5. The summed E-state index contributed by atoms with van der Waals surface area (Å²) in [4.78, 5) is 24.3. The van der Waals surface area contributed by atoms with E-state index in [9.17, 15) is 14.7 Å². The molecule has 0 aliphatic heterocycles. The molecule has 1 fully saturated rings. The Hall–Kier alpha value is -2.24. The smallest absolute Gasteiger partial charge is 0.329 e. The van der Waals surface area contributed by atoms with Crippen LogP contribution in [0.3, 0.4) is 0 Å². The number of aliphatic carboxylic acids is 1. The third kappa shape index (κ3) is 3.57. The molecule has 0 radical (unpaired) electrons. The summed E-state index contributed by atoms with van der Waals surface area (Å²) in [7, 11) is 1.57. The molecule has 0 spiro atoms. The Bertz CT molecular complexity index is 549. The molecular weight excluding hydrogens is 298 g/mol. The molecule has 23 heavy (non-hydrogen) atoms. The van der Waals surface area contributed by atoms with Gasteiger partial charge in [0, 0.05) is 5.69 Å². The molecule has 0 saturated heterocycles. The van der Waals surface area contributed by atoms with Crippen LogP contribution in [0, 0.1) is 5.41 Å². The predicted molar refractivity (Wildman–Crippen MR) is 85.6 cm³/mol. The van der Waals surface area contributed by atoms with E-state index in [1.54, 1.807) is 38.3 Å². The molecule has 6 heteroatoms. The van der Waals surface area contributed by atoms with Crippen LogP contribution in [0.25, 0.3) is 0 Å². The Morgan fingerprint density at radius 1 is 1.26 bits per heavy atom. The second kappa shape index (κ2) is 7.35. The van der Waals surface area contributed by atoms with Gasteiger partial charge in [-0.25, -0.2) is 4.79 Å². The second-order valence-corrected chi connectivity index (χ2v) is 5.73. The summed E-state index contributed by atoms with van der Waals surface area (Å²) in [6.45, 7) is 1.93. The van der Waals surface area contributed by atoms with E-state index in [2.05, 4.69) is 5.32 Å². The van der Waals surface area contributed by atoms with Crippen LogP contribution in [0.4, 0.5) is 5.69 Å². The first-order valence-corrected chi connectivity index (χ1v) is 7.84. The number of benzene rings is 1. The van der Waals surface area contributed by atoms with Crippen molar-refractivity contribution in [2.75, 3.05) is 19.0 Å². The van der Waals surface area contributed by atoms with Crippen molar-refractivity contribution in [2.45, 2.75) is 38.6 Å². The number of carboxylic acid groups (broad SMARTS) is 1. The quantitative estimate of drug-likeness (QED) is 0.751. The van der Waals surface area contributed by atoms with Crippen LogP contribution in [-0.2, 0) is 14.3 Å². The molecule has 1 saturated carbocycles. The standard InChI is InChI=1S/C17H23NO5/c1-3-23-15(19)14(17(16(20)21)10-4-5-11-17)18-12-6-8-13(22-2)9-7-12/h6-9,14,18H,3-5,10-11H2,1-2H3,(H,20,21)/t14-/m1/s1. The number of carboxylic acids is 1. The van der Waals surface area contributed by atoms with Crippen LogP contribution in [0.5, 0.6) is 5.75 Å². The third-order valence-electron chi connectivity index (χ3n) is 4.40. The Labute approximate surface area is 135 Å². The number of hydrogen-bond acceptors (Lipinski definition) is 5. The highest BCUT2D eigenvalue weighted by Crippen LogP contribution is 2.43. The Kier molecular flexibility index (Phi) is 5.47. The Morgan fingerprint density at radius 2 is 1.87 bits per heavy atom. The molecule has 0 unspecified atom stereocenters. The maximum Gasteiger partial charge on any atom is 0.329 e. The van der Waals surface area contributed by atoms with Crippen molar-refractivity contribution in [2.24, 2.45) is 5.41 Å². The summed E-state index contributed by atoms with van der Waals surface area (Å²) in [6.07, 6.45) is 2.53. The number of hydrogen-bond donors (Lipinski definition) is 2. The number of carbonyl (C=O) groups excluding carboxylic acids is 1. The van der Waals surface area contributed by atoms with E-state index in [0.717, 1.165) is 12.8 Å². The Morgan fingerprint density at radius 3 is 2.35 bits per heavy atom. The van der Waals surface area contributed by atoms with Crippen molar-refractivity contribution < 1.29 is 24.2 Å². The SMILES string of the molecule is CCOC(=O)[C@@H](Nc1ccc(OC)cc1)C1(C(=O)O)CCCC1. The van der Waals surface area contributed by atoms with Gasteiger partial charge in [0.1, 0.15) is 11.8 Å². The molecule has 0 bridgehead atoms. The lowest BCUT2D eigenvalue weighted by atomic mass is 9.78. The van der Waals surface area contributed by atoms with E-state index < -0.39 is 23.4 Å². The van der Waals surface area contributed by atoms with Crippen LogP contribution in [0.15, 0.2) is 24.3 Å². The van der Waals surface area contributed by atoms with Gasteiger partial charge in [0.05, 0.1) is 19.1 Å². The molecule has 0 aromatic heterocycles. The predicted octanol–water partition coefficient (Wildman–Crippen LogP) is 2.68. The lowest BCUT2D eigenvalue weighted by molar-refractivity contribution is -0.159. The minimum atomic E-state index is -1.12. The normalized spacial score (nSPS) is 17.3. The van der Waals surface area contributed by atoms with Gasteiger partial charge in [-0.2, -0.15) is 0 Å². The first kappa shape index (κ1) is 17.1. The molecule has 1 aliphatic carbocycles. The fourth-order valence-corrected chi connectivity index (χ4v) is 3.13. The molecule has 1 aliphatic rings. The third-order valence-corrected chi connectivity index (χ3v) is 4.40. The van der Waals surface area contributed by atoms with Gasteiger partial charge < -0.3 is 19.9 Å². The van der Waals surface area contributed by atoms with E-state index in [4.69, 9.17) is 9.47 Å². The maximum atomic E-state index is 12.4. The van der Waals surface area contributed by atoms with Crippen molar-refractivity contribution in [1.29, 1.82) is 0 Å². The fraction of sp³-hybridized carbons (Fsp3) is 0.529. The topological polar surface area (TPSA) is 84.9 Å².